The molecule has 0 aromatic heterocycles. The molecule has 0 spiro atoms. The van der Waals surface area contributed by atoms with Gasteiger partial charge in [0, 0.05) is 0 Å². The first kappa shape index (κ1) is 40.0. The van der Waals surface area contributed by atoms with Crippen LogP contribution in [0.5, 0.6) is 0 Å². The third-order valence-corrected chi connectivity index (χ3v) is 9.76. The largest absolute Gasteiger partial charge is 0.0654 e. The molecule has 0 rings (SSSR count). The molecule has 0 saturated heterocycles. The van der Waals surface area contributed by atoms with Gasteiger partial charge in [-0.25, -0.2) is 0 Å². The molecule has 1 unspecified atom stereocenters. The molecule has 0 aliphatic rings. The Labute approximate surface area is 257 Å². The monoisotopic (exact) mass is 563 g/mol. The average molecular weight is 563 g/mol. The minimum absolute atomic E-state index is 1.02. The van der Waals surface area contributed by atoms with Crippen molar-refractivity contribution >= 4 is 0 Å². The van der Waals surface area contributed by atoms with E-state index in [4.69, 9.17) is 0 Å². The fourth-order valence-corrected chi connectivity index (χ4v) is 6.69. The standard InChI is InChI=1S/C40H82/c1-4-7-9-11-13-15-17-18-19-20-21-22-23-24-25-26-27-28-29-31-33-35-37-39-40(6-3)38-36-34-32-30-16-14-12-10-8-5-2/h40H,4-39H2,1-3H3. The molecule has 0 nitrogen and oxygen atoms in total. The Balaban J connectivity index is 3.20. The quantitative estimate of drug-likeness (QED) is 0.0666. The summed E-state index contributed by atoms with van der Waals surface area (Å²) in [5, 5.41) is 0. The first-order valence-corrected chi connectivity index (χ1v) is 19.8. The maximum absolute atomic E-state index is 2.43. The Morgan fingerprint density at radius 3 is 0.575 bits per heavy atom. The predicted molar refractivity (Wildman–Crippen MR) is 187 cm³/mol. The van der Waals surface area contributed by atoms with Gasteiger partial charge in [0.2, 0.25) is 0 Å². The van der Waals surface area contributed by atoms with Gasteiger partial charge in [-0.2, -0.15) is 0 Å². The molecule has 1 atom stereocenters. The van der Waals surface area contributed by atoms with E-state index < -0.39 is 0 Å². The molecule has 242 valence electrons. The maximum Gasteiger partial charge on any atom is -0.0417 e. The van der Waals surface area contributed by atoms with Gasteiger partial charge in [-0.3, -0.25) is 0 Å². The van der Waals surface area contributed by atoms with Gasteiger partial charge in [-0.1, -0.05) is 252 Å². The highest BCUT2D eigenvalue weighted by Gasteiger charge is 2.06. The van der Waals surface area contributed by atoms with Crippen molar-refractivity contribution in [3.05, 3.63) is 0 Å². The molecule has 0 heterocycles. The maximum atomic E-state index is 2.43. The lowest BCUT2D eigenvalue weighted by Crippen LogP contribution is -1.99. The minimum atomic E-state index is 1.02. The topological polar surface area (TPSA) is 0 Å². The summed E-state index contributed by atoms with van der Waals surface area (Å²) in [5.41, 5.74) is 0. The summed E-state index contributed by atoms with van der Waals surface area (Å²) < 4.78 is 0. The lowest BCUT2D eigenvalue weighted by Gasteiger charge is -2.14. The summed E-state index contributed by atoms with van der Waals surface area (Å²) in [6.07, 6.45) is 53.3. The highest BCUT2D eigenvalue weighted by molar-refractivity contribution is 4.59. The molecule has 0 amide bonds. The van der Waals surface area contributed by atoms with Crippen molar-refractivity contribution < 1.29 is 0 Å². The smallest absolute Gasteiger partial charge is 0.0417 e. The molecule has 0 aliphatic heterocycles. The van der Waals surface area contributed by atoms with Gasteiger partial charge in [0.25, 0.3) is 0 Å². The highest BCUT2D eigenvalue weighted by atomic mass is 14.1. The van der Waals surface area contributed by atoms with Gasteiger partial charge >= 0.3 is 0 Å². The van der Waals surface area contributed by atoms with E-state index in [1.807, 2.05) is 0 Å². The summed E-state index contributed by atoms with van der Waals surface area (Å²) in [5.74, 6) is 1.02. The zero-order valence-corrected chi connectivity index (χ0v) is 29.0. The molecule has 0 aliphatic carbocycles. The van der Waals surface area contributed by atoms with Crippen LogP contribution in [0.3, 0.4) is 0 Å². The Morgan fingerprint density at radius 2 is 0.400 bits per heavy atom. The molecule has 0 heteroatoms. The SMILES string of the molecule is CCCCCCCCCCCCCCCCCCCCCCCCCC(CC)CCCCCCCCCCCC. The molecular formula is C40H82. The van der Waals surface area contributed by atoms with Crippen LogP contribution >= 0.6 is 0 Å². The molecule has 0 bridgehead atoms. The van der Waals surface area contributed by atoms with Crippen LogP contribution in [0.2, 0.25) is 0 Å². The van der Waals surface area contributed by atoms with Crippen LogP contribution in [0.4, 0.5) is 0 Å². The van der Waals surface area contributed by atoms with Crippen LogP contribution < -0.4 is 0 Å². The van der Waals surface area contributed by atoms with Crippen molar-refractivity contribution in [3.63, 3.8) is 0 Å². The zero-order valence-electron chi connectivity index (χ0n) is 29.0. The lowest BCUT2D eigenvalue weighted by molar-refractivity contribution is 0.392. The van der Waals surface area contributed by atoms with Gasteiger partial charge in [-0.15, -0.1) is 0 Å². The van der Waals surface area contributed by atoms with Crippen LogP contribution in [0.1, 0.15) is 252 Å². The van der Waals surface area contributed by atoms with E-state index in [1.165, 1.54) is 231 Å². The van der Waals surface area contributed by atoms with Crippen LogP contribution in [0, 0.1) is 5.92 Å². The Bertz CT molecular complexity index is 412. The first-order chi connectivity index (χ1) is 19.8. The normalized spacial score (nSPS) is 12.4. The fourth-order valence-electron chi connectivity index (χ4n) is 6.69. The molecule has 0 saturated carbocycles. The summed E-state index contributed by atoms with van der Waals surface area (Å²) in [4.78, 5) is 0. The molecule has 0 aromatic carbocycles. The predicted octanol–water partition coefficient (Wildman–Crippen LogP) is 15.7. The zero-order chi connectivity index (χ0) is 29.0. The van der Waals surface area contributed by atoms with Crippen molar-refractivity contribution in [1.29, 1.82) is 0 Å². The summed E-state index contributed by atoms with van der Waals surface area (Å²) in [7, 11) is 0. The number of rotatable bonds is 36. The third-order valence-electron chi connectivity index (χ3n) is 9.76. The summed E-state index contributed by atoms with van der Waals surface area (Å²) in [6.45, 7) is 7.05. The van der Waals surface area contributed by atoms with E-state index in [1.54, 1.807) is 0 Å². The molecule has 0 aromatic rings. The Hall–Kier alpha value is 0. The van der Waals surface area contributed by atoms with E-state index in [0.29, 0.717) is 0 Å². The van der Waals surface area contributed by atoms with Crippen LogP contribution in [-0.4, -0.2) is 0 Å². The van der Waals surface area contributed by atoms with Gasteiger partial charge in [-0.05, 0) is 5.92 Å². The van der Waals surface area contributed by atoms with E-state index in [9.17, 15) is 0 Å². The van der Waals surface area contributed by atoms with Gasteiger partial charge < -0.3 is 0 Å². The molecule has 0 N–H and O–H groups in total. The van der Waals surface area contributed by atoms with Crippen molar-refractivity contribution in [2.75, 3.05) is 0 Å². The van der Waals surface area contributed by atoms with Crippen LogP contribution in [0.25, 0.3) is 0 Å². The van der Waals surface area contributed by atoms with E-state index in [2.05, 4.69) is 20.8 Å². The summed E-state index contributed by atoms with van der Waals surface area (Å²) >= 11 is 0. The number of unbranched alkanes of at least 4 members (excludes halogenated alkanes) is 31. The van der Waals surface area contributed by atoms with Crippen molar-refractivity contribution in [3.8, 4) is 0 Å². The van der Waals surface area contributed by atoms with E-state index >= 15 is 0 Å². The van der Waals surface area contributed by atoms with E-state index in [0.717, 1.165) is 5.92 Å². The Morgan fingerprint density at radius 1 is 0.225 bits per heavy atom. The summed E-state index contributed by atoms with van der Waals surface area (Å²) in [6, 6.07) is 0. The van der Waals surface area contributed by atoms with E-state index in [-0.39, 0.29) is 0 Å². The third kappa shape index (κ3) is 34.2. The molecule has 0 fully saturated rings. The second kappa shape index (κ2) is 37.0. The second-order valence-corrected chi connectivity index (χ2v) is 13.8. The van der Waals surface area contributed by atoms with Gasteiger partial charge in [0.05, 0.1) is 0 Å². The van der Waals surface area contributed by atoms with Crippen molar-refractivity contribution in [1.82, 2.24) is 0 Å². The lowest BCUT2D eigenvalue weighted by atomic mass is 9.92. The minimum Gasteiger partial charge on any atom is -0.0654 e. The molecular weight excluding hydrogens is 480 g/mol. The van der Waals surface area contributed by atoms with Gasteiger partial charge in [0.1, 0.15) is 0 Å². The first-order valence-electron chi connectivity index (χ1n) is 19.8. The van der Waals surface area contributed by atoms with Gasteiger partial charge in [0.15, 0.2) is 0 Å². The fraction of sp³-hybridized carbons (Fsp3) is 1.00. The highest BCUT2D eigenvalue weighted by Crippen LogP contribution is 2.22. The number of hydrogen-bond acceptors (Lipinski definition) is 0. The second-order valence-electron chi connectivity index (χ2n) is 13.8. The molecule has 0 radical (unpaired) electrons. The van der Waals surface area contributed by atoms with Crippen molar-refractivity contribution in [2.45, 2.75) is 252 Å². The van der Waals surface area contributed by atoms with Crippen LogP contribution in [0.15, 0.2) is 0 Å². The Kier molecular flexibility index (Phi) is 37.0. The average Bonchev–Trinajstić information content (AvgIpc) is 2.97. The van der Waals surface area contributed by atoms with Crippen molar-refractivity contribution in [2.24, 2.45) is 5.92 Å². The number of hydrogen-bond donors (Lipinski definition) is 0. The van der Waals surface area contributed by atoms with Crippen LogP contribution in [-0.2, 0) is 0 Å². The molecule has 40 heavy (non-hydrogen) atoms.